The third kappa shape index (κ3) is 2.50. The summed E-state index contributed by atoms with van der Waals surface area (Å²) in [4.78, 5) is 29.5. The molecule has 0 atom stereocenters. The van der Waals surface area contributed by atoms with Crippen LogP contribution in [-0.2, 0) is 14.3 Å². The first-order valence-corrected chi connectivity index (χ1v) is 7.96. The van der Waals surface area contributed by atoms with Crippen LogP contribution >= 0.6 is 0 Å². The second-order valence-electron chi connectivity index (χ2n) is 6.12. The number of amides is 1. The van der Waals surface area contributed by atoms with E-state index in [0.717, 1.165) is 0 Å². The van der Waals surface area contributed by atoms with Crippen LogP contribution in [0.1, 0.15) is 23.2 Å². The topological polar surface area (TPSA) is 71.6 Å². The number of carbonyl (C=O) groups is 2. The molecule has 0 aliphatic carbocycles. The van der Waals surface area contributed by atoms with E-state index in [1.165, 1.54) is 23.2 Å². The monoisotopic (exact) mass is 332 g/mol. The number of Topliss-reactive ketones (excluding diaryl/α,β-unsaturated/α-hetero) is 1. The van der Waals surface area contributed by atoms with Crippen molar-refractivity contribution < 1.29 is 23.5 Å². The van der Waals surface area contributed by atoms with Crippen molar-refractivity contribution >= 4 is 22.6 Å². The van der Waals surface area contributed by atoms with Gasteiger partial charge in [-0.2, -0.15) is 0 Å². The number of aromatic amines is 1. The van der Waals surface area contributed by atoms with Crippen molar-refractivity contribution in [3.05, 3.63) is 35.8 Å². The van der Waals surface area contributed by atoms with Gasteiger partial charge in [0.2, 0.25) is 0 Å². The van der Waals surface area contributed by atoms with Gasteiger partial charge in [0.25, 0.3) is 11.7 Å². The number of likely N-dealkylation sites (tertiary alicyclic amines) is 1. The Hall–Kier alpha value is -2.25. The first kappa shape index (κ1) is 15.3. The maximum Gasteiger partial charge on any atom is 0.295 e. The van der Waals surface area contributed by atoms with Crippen LogP contribution in [0.15, 0.2) is 24.4 Å². The highest BCUT2D eigenvalue weighted by Crippen LogP contribution is 2.31. The standard InChI is InChI=1S/C17H17FN2O4/c18-11-1-2-14-12(9-11)13(10-19-14)15(21)16(22)20-5-3-17(4-6-20)23-7-8-24-17/h1-2,9-10,19H,3-8H2. The zero-order chi connectivity index (χ0) is 16.7. The molecule has 4 rings (SSSR count). The predicted molar refractivity (Wildman–Crippen MR) is 83.0 cm³/mol. The number of rotatable bonds is 2. The summed E-state index contributed by atoms with van der Waals surface area (Å²) in [5.41, 5.74) is 0.820. The number of hydrogen-bond acceptors (Lipinski definition) is 4. The number of ketones is 1. The summed E-state index contributed by atoms with van der Waals surface area (Å²) in [6.45, 7) is 1.93. The van der Waals surface area contributed by atoms with Crippen molar-refractivity contribution in [2.45, 2.75) is 18.6 Å². The first-order chi connectivity index (χ1) is 11.6. The molecule has 2 aliphatic heterocycles. The van der Waals surface area contributed by atoms with Crippen LogP contribution in [0.4, 0.5) is 4.39 Å². The molecule has 126 valence electrons. The number of halogens is 1. The van der Waals surface area contributed by atoms with Crippen LogP contribution in [-0.4, -0.2) is 53.7 Å². The number of fused-ring (bicyclic) bond motifs is 1. The second-order valence-corrected chi connectivity index (χ2v) is 6.12. The molecule has 0 unspecified atom stereocenters. The largest absolute Gasteiger partial charge is 0.360 e. The van der Waals surface area contributed by atoms with Crippen molar-refractivity contribution in [2.75, 3.05) is 26.3 Å². The van der Waals surface area contributed by atoms with Crippen LogP contribution in [0.3, 0.4) is 0 Å². The van der Waals surface area contributed by atoms with Gasteiger partial charge in [-0.1, -0.05) is 0 Å². The van der Waals surface area contributed by atoms with Crippen molar-refractivity contribution in [1.82, 2.24) is 9.88 Å². The smallest absolute Gasteiger partial charge is 0.295 e. The molecule has 0 radical (unpaired) electrons. The summed E-state index contributed by atoms with van der Waals surface area (Å²) < 4.78 is 24.7. The van der Waals surface area contributed by atoms with E-state index < -0.39 is 23.3 Å². The van der Waals surface area contributed by atoms with E-state index in [4.69, 9.17) is 9.47 Å². The molecule has 1 amide bonds. The zero-order valence-electron chi connectivity index (χ0n) is 13.0. The Morgan fingerprint density at radius 1 is 1.17 bits per heavy atom. The van der Waals surface area contributed by atoms with Gasteiger partial charge in [0.05, 0.1) is 18.8 Å². The molecule has 1 spiro atoms. The minimum atomic E-state index is -0.629. The number of nitrogens with one attached hydrogen (secondary N) is 1. The van der Waals surface area contributed by atoms with Crippen LogP contribution in [0.25, 0.3) is 10.9 Å². The van der Waals surface area contributed by atoms with Gasteiger partial charge < -0.3 is 19.4 Å². The lowest BCUT2D eigenvalue weighted by Crippen LogP contribution is -2.49. The van der Waals surface area contributed by atoms with Gasteiger partial charge in [-0.3, -0.25) is 9.59 Å². The van der Waals surface area contributed by atoms with Gasteiger partial charge in [-0.25, -0.2) is 4.39 Å². The minimum absolute atomic E-state index is 0.197. The summed E-state index contributed by atoms with van der Waals surface area (Å²) >= 11 is 0. The predicted octanol–water partition coefficient (Wildman–Crippen LogP) is 1.86. The summed E-state index contributed by atoms with van der Waals surface area (Å²) in [5.74, 6) is -2.24. The molecular formula is C17H17FN2O4. The fourth-order valence-corrected chi connectivity index (χ4v) is 3.38. The SMILES string of the molecule is O=C(C(=O)N1CCC2(CC1)OCCO2)c1c[nH]c2ccc(F)cc12. The van der Waals surface area contributed by atoms with Gasteiger partial charge in [-0.15, -0.1) is 0 Å². The van der Waals surface area contributed by atoms with Crippen molar-refractivity contribution in [3.63, 3.8) is 0 Å². The van der Waals surface area contributed by atoms with E-state index in [1.807, 2.05) is 0 Å². The van der Waals surface area contributed by atoms with Gasteiger partial charge >= 0.3 is 0 Å². The lowest BCUT2D eigenvalue weighted by atomic mass is 10.0. The Morgan fingerprint density at radius 2 is 1.88 bits per heavy atom. The van der Waals surface area contributed by atoms with Gasteiger partial charge in [0, 0.05) is 43.0 Å². The molecule has 7 heteroatoms. The molecular weight excluding hydrogens is 315 g/mol. The third-order valence-electron chi connectivity index (χ3n) is 4.71. The van der Waals surface area contributed by atoms with E-state index in [0.29, 0.717) is 50.0 Å². The Kier molecular flexibility index (Phi) is 3.62. The number of benzene rings is 1. The number of piperidine rings is 1. The van der Waals surface area contributed by atoms with E-state index in [-0.39, 0.29) is 5.56 Å². The molecule has 6 nitrogen and oxygen atoms in total. The summed E-state index contributed by atoms with van der Waals surface area (Å²) in [5, 5.41) is 0.421. The molecule has 0 bridgehead atoms. The lowest BCUT2D eigenvalue weighted by Gasteiger charge is -2.37. The number of hydrogen-bond donors (Lipinski definition) is 1. The first-order valence-electron chi connectivity index (χ1n) is 7.96. The Balaban J connectivity index is 1.52. The molecule has 2 fully saturated rings. The number of aromatic nitrogens is 1. The normalized spacial score (nSPS) is 20.0. The summed E-state index contributed by atoms with van der Waals surface area (Å²) in [7, 11) is 0. The zero-order valence-corrected chi connectivity index (χ0v) is 13.0. The molecule has 2 aliphatic rings. The highest BCUT2D eigenvalue weighted by Gasteiger charge is 2.41. The van der Waals surface area contributed by atoms with Crippen LogP contribution < -0.4 is 0 Å². The summed E-state index contributed by atoms with van der Waals surface area (Å²) in [6.07, 6.45) is 2.56. The van der Waals surface area contributed by atoms with Crippen molar-refractivity contribution in [2.24, 2.45) is 0 Å². The minimum Gasteiger partial charge on any atom is -0.360 e. The fourth-order valence-electron chi connectivity index (χ4n) is 3.38. The molecule has 24 heavy (non-hydrogen) atoms. The number of ether oxygens (including phenoxy) is 2. The van der Waals surface area contributed by atoms with Crippen LogP contribution in [0, 0.1) is 5.82 Å². The number of H-pyrrole nitrogens is 1. The average Bonchev–Trinajstić information content (AvgIpc) is 3.21. The highest BCUT2D eigenvalue weighted by molar-refractivity contribution is 6.44. The number of carbonyl (C=O) groups excluding carboxylic acids is 2. The molecule has 0 saturated carbocycles. The number of nitrogens with zero attached hydrogens (tertiary/aromatic N) is 1. The second kappa shape index (κ2) is 5.68. The molecule has 2 saturated heterocycles. The van der Waals surface area contributed by atoms with E-state index in [9.17, 15) is 14.0 Å². The van der Waals surface area contributed by atoms with Crippen molar-refractivity contribution in [3.8, 4) is 0 Å². The van der Waals surface area contributed by atoms with Crippen molar-refractivity contribution in [1.29, 1.82) is 0 Å². The van der Waals surface area contributed by atoms with Gasteiger partial charge in [0.15, 0.2) is 5.79 Å². The highest BCUT2D eigenvalue weighted by atomic mass is 19.1. The van der Waals surface area contributed by atoms with Gasteiger partial charge in [-0.05, 0) is 18.2 Å². The molecule has 1 aromatic heterocycles. The fraction of sp³-hybridized carbons (Fsp3) is 0.412. The third-order valence-corrected chi connectivity index (χ3v) is 4.71. The maximum atomic E-state index is 13.4. The Morgan fingerprint density at radius 3 is 2.58 bits per heavy atom. The van der Waals surface area contributed by atoms with E-state index in [2.05, 4.69) is 4.98 Å². The van der Waals surface area contributed by atoms with Gasteiger partial charge in [0.1, 0.15) is 5.82 Å². The Bertz CT molecular complexity index is 800. The lowest BCUT2D eigenvalue weighted by molar-refractivity contribution is -0.186. The van der Waals surface area contributed by atoms with E-state index >= 15 is 0 Å². The molecule has 2 aromatic rings. The Labute approximate surface area is 137 Å². The van der Waals surface area contributed by atoms with Crippen LogP contribution in [0.5, 0.6) is 0 Å². The quantitative estimate of drug-likeness (QED) is 0.673. The molecule has 1 aromatic carbocycles. The van der Waals surface area contributed by atoms with Crippen LogP contribution in [0.2, 0.25) is 0 Å². The molecule has 1 N–H and O–H groups in total. The molecule has 3 heterocycles. The average molecular weight is 332 g/mol. The van der Waals surface area contributed by atoms with E-state index in [1.54, 1.807) is 6.07 Å². The summed E-state index contributed by atoms with van der Waals surface area (Å²) in [6, 6.07) is 4.11. The maximum absolute atomic E-state index is 13.4.